The molecule has 0 amide bonds. The molecule has 1 atom stereocenters. The lowest BCUT2D eigenvalue weighted by Gasteiger charge is -2.01. The zero-order chi connectivity index (χ0) is 6.41. The second-order valence-corrected chi connectivity index (χ2v) is 2.54. The predicted molar refractivity (Wildman–Crippen MR) is 36.3 cm³/mol. The minimum atomic E-state index is -0.0186. The summed E-state index contributed by atoms with van der Waals surface area (Å²) in [5.41, 5.74) is 0. The Morgan fingerprint density at radius 3 is 2.62 bits per heavy atom. The van der Waals surface area contributed by atoms with Gasteiger partial charge < -0.3 is 5.11 Å². The van der Waals surface area contributed by atoms with Gasteiger partial charge in [0.2, 0.25) is 0 Å². The van der Waals surface area contributed by atoms with Crippen LogP contribution in [0.25, 0.3) is 0 Å². The highest BCUT2D eigenvalue weighted by molar-refractivity contribution is 6.20. The highest BCUT2D eigenvalue weighted by Crippen LogP contribution is 2.05. The van der Waals surface area contributed by atoms with E-state index < -0.39 is 0 Å². The van der Waals surface area contributed by atoms with Gasteiger partial charge in [0.05, 0.1) is 12.0 Å². The molecule has 0 saturated heterocycles. The SMILES string of the molecule is CCCCC(Cl)CO. The maximum Gasteiger partial charge on any atom is 0.0595 e. The molecule has 0 aliphatic carbocycles. The lowest BCUT2D eigenvalue weighted by atomic mass is 10.2. The van der Waals surface area contributed by atoms with Crippen LogP contribution < -0.4 is 0 Å². The molecular weight excluding hydrogens is 124 g/mol. The summed E-state index contributed by atoms with van der Waals surface area (Å²) in [4.78, 5) is 0. The smallest absolute Gasteiger partial charge is 0.0595 e. The van der Waals surface area contributed by atoms with Crippen LogP contribution in [-0.2, 0) is 0 Å². The molecule has 1 N–H and O–H groups in total. The van der Waals surface area contributed by atoms with E-state index in [9.17, 15) is 0 Å². The molecule has 0 saturated carbocycles. The Balaban J connectivity index is 2.86. The molecule has 1 unspecified atom stereocenters. The highest BCUT2D eigenvalue weighted by atomic mass is 35.5. The monoisotopic (exact) mass is 136 g/mol. The summed E-state index contributed by atoms with van der Waals surface area (Å²) in [5, 5.41) is 8.41. The van der Waals surface area contributed by atoms with E-state index >= 15 is 0 Å². The van der Waals surface area contributed by atoms with Crippen molar-refractivity contribution >= 4 is 11.6 Å². The molecule has 0 fully saturated rings. The van der Waals surface area contributed by atoms with Crippen LogP contribution in [0.2, 0.25) is 0 Å². The van der Waals surface area contributed by atoms with Crippen molar-refractivity contribution in [2.75, 3.05) is 6.61 Å². The van der Waals surface area contributed by atoms with Gasteiger partial charge in [-0.05, 0) is 6.42 Å². The first-order valence-corrected chi connectivity index (χ1v) is 3.49. The van der Waals surface area contributed by atoms with Gasteiger partial charge in [-0.15, -0.1) is 11.6 Å². The molecule has 0 aliphatic rings. The summed E-state index contributed by atoms with van der Waals surface area (Å²) in [7, 11) is 0. The van der Waals surface area contributed by atoms with E-state index in [1.165, 1.54) is 0 Å². The Morgan fingerprint density at radius 2 is 2.25 bits per heavy atom. The standard InChI is InChI=1S/C6H13ClO/c1-2-3-4-6(7)5-8/h6,8H,2-5H2,1H3. The first-order valence-electron chi connectivity index (χ1n) is 3.06. The van der Waals surface area contributed by atoms with Crippen LogP contribution >= 0.6 is 11.6 Å². The Labute approximate surface area is 55.7 Å². The number of alkyl halides is 1. The summed E-state index contributed by atoms with van der Waals surface area (Å²) in [6, 6.07) is 0. The van der Waals surface area contributed by atoms with Crippen LogP contribution in [0.15, 0.2) is 0 Å². The fourth-order valence-electron chi connectivity index (χ4n) is 0.517. The fraction of sp³-hybridized carbons (Fsp3) is 1.00. The second kappa shape index (κ2) is 5.39. The Hall–Kier alpha value is 0.250. The summed E-state index contributed by atoms with van der Waals surface area (Å²) >= 11 is 5.59. The van der Waals surface area contributed by atoms with Gasteiger partial charge in [-0.25, -0.2) is 0 Å². The van der Waals surface area contributed by atoms with E-state index in [2.05, 4.69) is 6.92 Å². The molecular formula is C6H13ClO. The van der Waals surface area contributed by atoms with Gasteiger partial charge >= 0.3 is 0 Å². The summed E-state index contributed by atoms with van der Waals surface area (Å²) in [6.45, 7) is 2.22. The van der Waals surface area contributed by atoms with Gasteiger partial charge in [0, 0.05) is 0 Å². The molecule has 0 bridgehead atoms. The van der Waals surface area contributed by atoms with Crippen molar-refractivity contribution in [3.63, 3.8) is 0 Å². The van der Waals surface area contributed by atoms with Crippen LogP contribution in [0.4, 0.5) is 0 Å². The van der Waals surface area contributed by atoms with Crippen LogP contribution in [0.3, 0.4) is 0 Å². The average molecular weight is 137 g/mol. The van der Waals surface area contributed by atoms with E-state index in [4.69, 9.17) is 16.7 Å². The fourth-order valence-corrected chi connectivity index (χ4v) is 0.671. The van der Waals surface area contributed by atoms with Crippen molar-refractivity contribution in [2.45, 2.75) is 31.6 Å². The Bertz CT molecular complexity index is 47.8. The van der Waals surface area contributed by atoms with Gasteiger partial charge in [0.1, 0.15) is 0 Å². The quantitative estimate of drug-likeness (QED) is 0.585. The van der Waals surface area contributed by atoms with Crippen LogP contribution in [0.5, 0.6) is 0 Å². The first-order chi connectivity index (χ1) is 3.81. The number of halogens is 1. The molecule has 0 aliphatic heterocycles. The molecule has 0 aromatic carbocycles. The zero-order valence-electron chi connectivity index (χ0n) is 5.23. The molecule has 1 nitrogen and oxygen atoms in total. The van der Waals surface area contributed by atoms with E-state index in [1.807, 2.05) is 0 Å². The molecule has 0 aromatic rings. The highest BCUT2D eigenvalue weighted by Gasteiger charge is 1.98. The third-order valence-corrected chi connectivity index (χ3v) is 1.43. The van der Waals surface area contributed by atoms with Crippen molar-refractivity contribution in [3.8, 4) is 0 Å². The number of rotatable bonds is 4. The van der Waals surface area contributed by atoms with Gasteiger partial charge in [0.25, 0.3) is 0 Å². The largest absolute Gasteiger partial charge is 0.395 e. The third kappa shape index (κ3) is 4.41. The molecule has 0 aromatic heterocycles. The topological polar surface area (TPSA) is 20.2 Å². The third-order valence-electron chi connectivity index (χ3n) is 1.07. The molecule has 0 rings (SSSR count). The zero-order valence-corrected chi connectivity index (χ0v) is 5.99. The van der Waals surface area contributed by atoms with Crippen molar-refractivity contribution in [2.24, 2.45) is 0 Å². The molecule has 0 spiro atoms. The minimum absolute atomic E-state index is 0.0186. The molecule has 8 heavy (non-hydrogen) atoms. The summed E-state index contributed by atoms with van der Waals surface area (Å²) in [6.07, 6.45) is 3.21. The lowest BCUT2D eigenvalue weighted by Crippen LogP contribution is -2.02. The van der Waals surface area contributed by atoms with E-state index in [0.717, 1.165) is 19.3 Å². The van der Waals surface area contributed by atoms with Gasteiger partial charge in [0.15, 0.2) is 0 Å². The van der Waals surface area contributed by atoms with Crippen LogP contribution in [0.1, 0.15) is 26.2 Å². The number of aliphatic hydroxyl groups excluding tert-OH is 1. The predicted octanol–water partition coefficient (Wildman–Crippen LogP) is 1.78. The molecule has 50 valence electrons. The molecule has 2 heteroatoms. The van der Waals surface area contributed by atoms with E-state index in [0.29, 0.717) is 0 Å². The van der Waals surface area contributed by atoms with E-state index in [-0.39, 0.29) is 12.0 Å². The van der Waals surface area contributed by atoms with Crippen molar-refractivity contribution in [3.05, 3.63) is 0 Å². The number of hydrogen-bond donors (Lipinski definition) is 1. The second-order valence-electron chi connectivity index (χ2n) is 1.92. The average Bonchev–Trinajstić information content (AvgIpc) is 1.83. The first kappa shape index (κ1) is 8.25. The van der Waals surface area contributed by atoms with Crippen LogP contribution in [-0.4, -0.2) is 17.1 Å². The Morgan fingerprint density at radius 1 is 1.62 bits per heavy atom. The number of aliphatic hydroxyl groups is 1. The van der Waals surface area contributed by atoms with E-state index in [1.54, 1.807) is 0 Å². The number of unbranched alkanes of at least 4 members (excludes halogenated alkanes) is 1. The van der Waals surface area contributed by atoms with Crippen molar-refractivity contribution in [1.29, 1.82) is 0 Å². The Kier molecular flexibility index (Phi) is 5.56. The van der Waals surface area contributed by atoms with Gasteiger partial charge in [-0.3, -0.25) is 0 Å². The summed E-state index contributed by atoms with van der Waals surface area (Å²) in [5.74, 6) is 0. The molecule has 0 radical (unpaired) electrons. The normalized spacial score (nSPS) is 13.9. The van der Waals surface area contributed by atoms with Gasteiger partial charge in [-0.2, -0.15) is 0 Å². The molecule has 0 heterocycles. The maximum atomic E-state index is 8.43. The lowest BCUT2D eigenvalue weighted by molar-refractivity contribution is 0.286. The number of hydrogen-bond acceptors (Lipinski definition) is 1. The maximum absolute atomic E-state index is 8.43. The van der Waals surface area contributed by atoms with Gasteiger partial charge in [-0.1, -0.05) is 19.8 Å². The van der Waals surface area contributed by atoms with Crippen molar-refractivity contribution in [1.82, 2.24) is 0 Å². The summed E-state index contributed by atoms with van der Waals surface area (Å²) < 4.78 is 0. The van der Waals surface area contributed by atoms with Crippen molar-refractivity contribution < 1.29 is 5.11 Å². The van der Waals surface area contributed by atoms with Crippen LogP contribution in [0, 0.1) is 0 Å². The minimum Gasteiger partial charge on any atom is -0.395 e.